The van der Waals surface area contributed by atoms with Gasteiger partial charge in [0, 0.05) is 12.4 Å². The van der Waals surface area contributed by atoms with Gasteiger partial charge >= 0.3 is 0 Å². The smallest absolute Gasteiger partial charge is 0.273 e. The van der Waals surface area contributed by atoms with Gasteiger partial charge in [0.05, 0.1) is 24.0 Å². The molecule has 0 atom stereocenters. The molecular weight excluding hydrogens is 280 g/mol. The van der Waals surface area contributed by atoms with Crippen molar-refractivity contribution in [1.82, 2.24) is 29.7 Å². The highest BCUT2D eigenvalue weighted by molar-refractivity contribution is 5.91. The number of nitrogens with zero attached hydrogens (tertiary/aromatic N) is 5. The molecule has 22 heavy (non-hydrogen) atoms. The number of amides is 1. The monoisotopic (exact) mass is 298 g/mol. The van der Waals surface area contributed by atoms with Crippen LogP contribution in [0.4, 0.5) is 0 Å². The third-order valence-electron chi connectivity index (χ3n) is 3.26. The largest absolute Gasteiger partial charge is 0.345 e. The van der Waals surface area contributed by atoms with E-state index in [1.807, 2.05) is 55.8 Å². The van der Waals surface area contributed by atoms with E-state index in [2.05, 4.69) is 20.6 Å². The summed E-state index contributed by atoms with van der Waals surface area (Å²) in [5.74, 6) is -0.257. The lowest BCUT2D eigenvalue weighted by Gasteiger charge is -2.17. The first kappa shape index (κ1) is 14.2. The number of rotatable bonds is 3. The minimum Gasteiger partial charge on any atom is -0.345 e. The Balaban J connectivity index is 1.68. The lowest BCUT2D eigenvalue weighted by atomic mass is 10.1. The van der Waals surface area contributed by atoms with Crippen molar-refractivity contribution in [3.8, 4) is 0 Å². The van der Waals surface area contributed by atoms with Crippen molar-refractivity contribution in [1.29, 1.82) is 0 Å². The molecule has 0 aliphatic heterocycles. The molecular formula is C15H18N6O. The van der Waals surface area contributed by atoms with Crippen molar-refractivity contribution in [2.75, 3.05) is 0 Å². The van der Waals surface area contributed by atoms with E-state index < -0.39 is 0 Å². The van der Waals surface area contributed by atoms with Gasteiger partial charge in [0.1, 0.15) is 5.65 Å². The molecule has 3 heterocycles. The highest BCUT2D eigenvalue weighted by atomic mass is 16.2. The second-order valence-corrected chi connectivity index (χ2v) is 6.10. The highest BCUT2D eigenvalue weighted by Gasteiger charge is 2.18. The SMILES string of the molecule is CC(C)(C)n1cc(C(=O)NCc2cn3ccccc3n2)nn1. The van der Waals surface area contributed by atoms with Crippen LogP contribution in [0.3, 0.4) is 0 Å². The number of pyridine rings is 1. The third kappa shape index (κ3) is 2.83. The molecule has 0 radical (unpaired) electrons. The summed E-state index contributed by atoms with van der Waals surface area (Å²) in [6.45, 7) is 6.35. The molecule has 7 nitrogen and oxygen atoms in total. The number of carbonyl (C=O) groups is 1. The topological polar surface area (TPSA) is 77.1 Å². The number of nitrogens with one attached hydrogen (secondary N) is 1. The van der Waals surface area contributed by atoms with E-state index >= 15 is 0 Å². The molecule has 3 rings (SSSR count). The standard InChI is InChI=1S/C15H18N6O/c1-15(2,3)21-10-12(18-19-21)14(22)16-8-11-9-20-7-5-4-6-13(20)17-11/h4-7,9-10H,8H2,1-3H3,(H,16,22). The summed E-state index contributed by atoms with van der Waals surface area (Å²) in [5, 5.41) is 10.7. The summed E-state index contributed by atoms with van der Waals surface area (Å²) >= 11 is 0. The summed E-state index contributed by atoms with van der Waals surface area (Å²) in [4.78, 5) is 16.5. The van der Waals surface area contributed by atoms with Crippen molar-refractivity contribution in [3.05, 3.63) is 48.2 Å². The molecule has 0 saturated carbocycles. The average molecular weight is 298 g/mol. The zero-order valence-corrected chi connectivity index (χ0v) is 12.8. The van der Waals surface area contributed by atoms with Gasteiger partial charge in [0.2, 0.25) is 0 Å². The molecule has 0 bridgehead atoms. The first-order valence-corrected chi connectivity index (χ1v) is 7.07. The predicted octanol–water partition coefficient (Wildman–Crippen LogP) is 1.61. The average Bonchev–Trinajstić information content (AvgIpc) is 3.10. The van der Waals surface area contributed by atoms with Crippen LogP contribution in [0.5, 0.6) is 0 Å². The Morgan fingerprint density at radius 1 is 1.27 bits per heavy atom. The van der Waals surface area contributed by atoms with Crippen molar-refractivity contribution in [3.63, 3.8) is 0 Å². The zero-order chi connectivity index (χ0) is 15.7. The maximum absolute atomic E-state index is 12.1. The van der Waals surface area contributed by atoms with Crippen LogP contribution >= 0.6 is 0 Å². The van der Waals surface area contributed by atoms with Gasteiger partial charge in [0.15, 0.2) is 5.69 Å². The second-order valence-electron chi connectivity index (χ2n) is 6.10. The predicted molar refractivity (Wildman–Crippen MR) is 81.4 cm³/mol. The third-order valence-corrected chi connectivity index (χ3v) is 3.26. The first-order chi connectivity index (χ1) is 10.4. The summed E-state index contributed by atoms with van der Waals surface area (Å²) in [5.41, 5.74) is 1.75. The minimum absolute atomic E-state index is 0.201. The number of aromatic nitrogens is 5. The molecule has 1 amide bonds. The molecule has 3 aromatic rings. The van der Waals surface area contributed by atoms with Crippen LogP contribution in [0, 0.1) is 0 Å². The summed E-state index contributed by atoms with van der Waals surface area (Å²) < 4.78 is 3.59. The Kier molecular flexibility index (Phi) is 3.40. The van der Waals surface area contributed by atoms with Gasteiger partial charge in [-0.2, -0.15) is 0 Å². The number of hydrogen-bond acceptors (Lipinski definition) is 4. The van der Waals surface area contributed by atoms with Gasteiger partial charge in [-0.05, 0) is 32.9 Å². The Hall–Kier alpha value is -2.70. The van der Waals surface area contributed by atoms with Crippen molar-refractivity contribution < 1.29 is 4.79 Å². The van der Waals surface area contributed by atoms with Gasteiger partial charge < -0.3 is 9.72 Å². The zero-order valence-electron chi connectivity index (χ0n) is 12.8. The molecule has 3 aromatic heterocycles. The van der Waals surface area contributed by atoms with E-state index in [0.717, 1.165) is 11.3 Å². The molecule has 0 aliphatic rings. The van der Waals surface area contributed by atoms with Gasteiger partial charge in [-0.25, -0.2) is 9.67 Å². The van der Waals surface area contributed by atoms with Crippen LogP contribution in [0.15, 0.2) is 36.8 Å². The number of imidazole rings is 1. The minimum atomic E-state index is -0.257. The van der Waals surface area contributed by atoms with Gasteiger partial charge in [-0.3, -0.25) is 4.79 Å². The van der Waals surface area contributed by atoms with E-state index in [0.29, 0.717) is 12.2 Å². The Morgan fingerprint density at radius 3 is 2.77 bits per heavy atom. The molecule has 0 aliphatic carbocycles. The quantitative estimate of drug-likeness (QED) is 0.797. The normalized spacial score (nSPS) is 11.8. The van der Waals surface area contributed by atoms with Crippen LogP contribution in [-0.2, 0) is 12.1 Å². The van der Waals surface area contributed by atoms with Crippen LogP contribution in [0.25, 0.3) is 5.65 Å². The fourth-order valence-electron chi connectivity index (χ4n) is 2.03. The molecule has 0 spiro atoms. The van der Waals surface area contributed by atoms with Crippen molar-refractivity contribution in [2.45, 2.75) is 32.9 Å². The van der Waals surface area contributed by atoms with Crippen LogP contribution in [-0.4, -0.2) is 30.3 Å². The van der Waals surface area contributed by atoms with Crippen LogP contribution < -0.4 is 5.32 Å². The summed E-state index contributed by atoms with van der Waals surface area (Å²) in [6, 6.07) is 5.78. The van der Waals surface area contributed by atoms with E-state index in [-0.39, 0.29) is 11.4 Å². The van der Waals surface area contributed by atoms with E-state index in [1.165, 1.54) is 0 Å². The Bertz CT molecular complexity index is 778. The summed E-state index contributed by atoms with van der Waals surface area (Å²) in [7, 11) is 0. The summed E-state index contributed by atoms with van der Waals surface area (Å²) in [6.07, 6.45) is 5.46. The Morgan fingerprint density at radius 2 is 2.09 bits per heavy atom. The molecule has 0 saturated heterocycles. The van der Waals surface area contributed by atoms with Gasteiger partial charge in [-0.15, -0.1) is 5.10 Å². The fraction of sp³-hybridized carbons (Fsp3) is 0.333. The van der Waals surface area contributed by atoms with Crippen LogP contribution in [0.2, 0.25) is 0 Å². The molecule has 0 aromatic carbocycles. The highest BCUT2D eigenvalue weighted by Crippen LogP contribution is 2.11. The number of carbonyl (C=O) groups excluding carboxylic acids is 1. The van der Waals surface area contributed by atoms with E-state index in [4.69, 9.17) is 0 Å². The molecule has 0 unspecified atom stereocenters. The van der Waals surface area contributed by atoms with Crippen molar-refractivity contribution in [2.24, 2.45) is 0 Å². The molecule has 7 heteroatoms. The first-order valence-electron chi connectivity index (χ1n) is 7.07. The van der Waals surface area contributed by atoms with Gasteiger partial charge in [0.25, 0.3) is 5.91 Å². The van der Waals surface area contributed by atoms with Gasteiger partial charge in [-0.1, -0.05) is 11.3 Å². The Labute approximate surface area is 128 Å². The lowest BCUT2D eigenvalue weighted by molar-refractivity contribution is 0.0945. The van der Waals surface area contributed by atoms with E-state index in [1.54, 1.807) is 10.9 Å². The fourth-order valence-corrected chi connectivity index (χ4v) is 2.03. The maximum atomic E-state index is 12.1. The van der Waals surface area contributed by atoms with Crippen molar-refractivity contribution >= 4 is 11.6 Å². The lowest BCUT2D eigenvalue weighted by Crippen LogP contribution is -2.24. The molecule has 114 valence electrons. The van der Waals surface area contributed by atoms with Crippen LogP contribution in [0.1, 0.15) is 37.0 Å². The van der Waals surface area contributed by atoms with E-state index in [9.17, 15) is 4.79 Å². The molecule has 1 N–H and O–H groups in total. The maximum Gasteiger partial charge on any atom is 0.273 e. The molecule has 0 fully saturated rings. The second kappa shape index (κ2) is 5.25. The number of hydrogen-bond donors (Lipinski definition) is 1. The number of fused-ring (bicyclic) bond motifs is 1.